The number of guanidine groups is 1. The number of nitrogens with two attached hydrogens (primary N) is 1. The first-order chi connectivity index (χ1) is 5.74. The molecule has 1 rings (SSSR count). The summed E-state index contributed by atoms with van der Waals surface area (Å²) in [4.78, 5) is 3.90. The van der Waals surface area contributed by atoms with Crippen LogP contribution in [0.5, 0.6) is 0 Å². The Kier molecular flexibility index (Phi) is 3.38. The Morgan fingerprint density at radius 2 is 2.08 bits per heavy atom. The van der Waals surface area contributed by atoms with Crippen molar-refractivity contribution >= 4 is 5.96 Å². The number of rotatable bonds is 1. The molecule has 0 bridgehead atoms. The molecule has 12 heavy (non-hydrogen) atoms. The molecule has 1 aliphatic carbocycles. The van der Waals surface area contributed by atoms with Crippen molar-refractivity contribution in [3.8, 4) is 0 Å². The zero-order valence-corrected chi connectivity index (χ0v) is 8.01. The van der Waals surface area contributed by atoms with Crippen LogP contribution in [0.15, 0.2) is 4.99 Å². The Morgan fingerprint density at radius 1 is 1.42 bits per heavy atom. The van der Waals surface area contributed by atoms with Crippen LogP contribution in [0.4, 0.5) is 0 Å². The molecular formula is C9H19N3. The molecular weight excluding hydrogens is 150 g/mol. The third kappa shape index (κ3) is 2.40. The van der Waals surface area contributed by atoms with Crippen molar-refractivity contribution in [3.63, 3.8) is 0 Å². The zero-order chi connectivity index (χ0) is 8.97. The molecule has 1 fully saturated rings. The van der Waals surface area contributed by atoms with Crippen molar-refractivity contribution in [1.29, 1.82) is 0 Å². The Labute approximate surface area is 74.4 Å². The van der Waals surface area contributed by atoms with Gasteiger partial charge in [0.15, 0.2) is 5.96 Å². The fraction of sp³-hybridized carbons (Fsp3) is 0.889. The third-order valence-corrected chi connectivity index (χ3v) is 2.69. The van der Waals surface area contributed by atoms with Crippen molar-refractivity contribution in [2.24, 2.45) is 16.6 Å². The van der Waals surface area contributed by atoms with Crippen LogP contribution in [0, 0.1) is 5.92 Å². The van der Waals surface area contributed by atoms with E-state index in [1.54, 1.807) is 7.05 Å². The quantitative estimate of drug-likeness (QED) is 0.456. The van der Waals surface area contributed by atoms with Crippen LogP contribution < -0.4 is 11.1 Å². The zero-order valence-electron chi connectivity index (χ0n) is 8.01. The van der Waals surface area contributed by atoms with E-state index in [0.29, 0.717) is 12.0 Å². The van der Waals surface area contributed by atoms with Gasteiger partial charge in [-0.2, -0.15) is 0 Å². The summed E-state index contributed by atoms with van der Waals surface area (Å²) in [5.74, 6) is 1.31. The molecule has 1 aliphatic rings. The largest absolute Gasteiger partial charge is 0.370 e. The van der Waals surface area contributed by atoms with Gasteiger partial charge in [-0.3, -0.25) is 4.99 Å². The molecule has 3 heteroatoms. The normalized spacial score (nSPS) is 31.7. The molecule has 0 aromatic carbocycles. The number of aliphatic imine (C=N–C) groups is 1. The maximum Gasteiger partial charge on any atom is 0.188 e. The van der Waals surface area contributed by atoms with Gasteiger partial charge >= 0.3 is 0 Å². The fourth-order valence-corrected chi connectivity index (χ4v) is 1.79. The summed E-state index contributed by atoms with van der Waals surface area (Å²) in [7, 11) is 1.72. The molecule has 3 N–H and O–H groups in total. The van der Waals surface area contributed by atoms with E-state index in [-0.39, 0.29) is 0 Å². The summed E-state index contributed by atoms with van der Waals surface area (Å²) in [6.45, 7) is 2.28. The highest BCUT2D eigenvalue weighted by Gasteiger charge is 2.20. The van der Waals surface area contributed by atoms with Crippen LogP contribution in [0.2, 0.25) is 0 Å². The summed E-state index contributed by atoms with van der Waals surface area (Å²) in [5.41, 5.74) is 5.60. The highest BCUT2D eigenvalue weighted by atomic mass is 15.1. The van der Waals surface area contributed by atoms with E-state index in [1.807, 2.05) is 0 Å². The van der Waals surface area contributed by atoms with Crippen molar-refractivity contribution < 1.29 is 0 Å². The Bertz CT molecular complexity index is 165. The van der Waals surface area contributed by atoms with Gasteiger partial charge in [-0.05, 0) is 18.8 Å². The van der Waals surface area contributed by atoms with Crippen LogP contribution >= 0.6 is 0 Å². The van der Waals surface area contributed by atoms with Crippen molar-refractivity contribution in [2.45, 2.75) is 38.6 Å². The maximum absolute atomic E-state index is 5.60. The first-order valence-electron chi connectivity index (χ1n) is 4.73. The second-order valence-corrected chi connectivity index (χ2v) is 3.62. The summed E-state index contributed by atoms with van der Waals surface area (Å²) in [6, 6.07) is 0.544. The highest BCUT2D eigenvalue weighted by Crippen LogP contribution is 2.23. The van der Waals surface area contributed by atoms with Gasteiger partial charge in [-0.25, -0.2) is 0 Å². The number of nitrogens with one attached hydrogen (secondary N) is 1. The van der Waals surface area contributed by atoms with E-state index in [2.05, 4.69) is 17.2 Å². The Morgan fingerprint density at radius 3 is 2.67 bits per heavy atom. The maximum atomic E-state index is 5.60. The van der Waals surface area contributed by atoms with Gasteiger partial charge in [0.25, 0.3) is 0 Å². The second-order valence-electron chi connectivity index (χ2n) is 3.62. The standard InChI is InChI=1S/C9H19N3/c1-7-5-3-4-6-8(7)12-9(10)11-2/h7-8H,3-6H2,1-2H3,(H3,10,11,12). The lowest BCUT2D eigenvalue weighted by Gasteiger charge is -2.29. The highest BCUT2D eigenvalue weighted by molar-refractivity contribution is 5.77. The predicted molar refractivity (Wildman–Crippen MR) is 52.1 cm³/mol. The summed E-state index contributed by atoms with van der Waals surface area (Å²) >= 11 is 0. The molecule has 0 heterocycles. The summed E-state index contributed by atoms with van der Waals surface area (Å²) in [6.07, 6.45) is 5.23. The summed E-state index contributed by atoms with van der Waals surface area (Å²) < 4.78 is 0. The van der Waals surface area contributed by atoms with E-state index < -0.39 is 0 Å². The van der Waals surface area contributed by atoms with Gasteiger partial charge in [0.05, 0.1) is 0 Å². The van der Waals surface area contributed by atoms with Gasteiger partial charge in [-0.1, -0.05) is 19.8 Å². The first kappa shape index (κ1) is 9.36. The molecule has 0 amide bonds. The molecule has 0 aliphatic heterocycles. The predicted octanol–water partition coefficient (Wildman–Crippen LogP) is 1.10. The number of nitrogens with zero attached hydrogens (tertiary/aromatic N) is 1. The van der Waals surface area contributed by atoms with Crippen LogP contribution in [0.3, 0.4) is 0 Å². The van der Waals surface area contributed by atoms with Gasteiger partial charge in [0.1, 0.15) is 0 Å². The van der Waals surface area contributed by atoms with E-state index in [4.69, 9.17) is 5.73 Å². The lowest BCUT2D eigenvalue weighted by Crippen LogP contribution is -2.44. The van der Waals surface area contributed by atoms with Gasteiger partial charge in [-0.15, -0.1) is 0 Å². The number of hydrogen-bond acceptors (Lipinski definition) is 1. The average molecular weight is 169 g/mol. The smallest absolute Gasteiger partial charge is 0.188 e. The van der Waals surface area contributed by atoms with Crippen LogP contribution in [-0.2, 0) is 0 Å². The summed E-state index contributed by atoms with van der Waals surface area (Å²) in [5, 5.41) is 3.25. The van der Waals surface area contributed by atoms with E-state index in [9.17, 15) is 0 Å². The Hall–Kier alpha value is -0.730. The first-order valence-corrected chi connectivity index (χ1v) is 4.73. The van der Waals surface area contributed by atoms with Crippen molar-refractivity contribution in [3.05, 3.63) is 0 Å². The van der Waals surface area contributed by atoms with Gasteiger partial charge in [0, 0.05) is 13.1 Å². The van der Waals surface area contributed by atoms with E-state index in [0.717, 1.165) is 5.92 Å². The minimum atomic E-state index is 0.544. The Balaban J connectivity index is 2.39. The third-order valence-electron chi connectivity index (χ3n) is 2.69. The molecule has 2 atom stereocenters. The minimum absolute atomic E-state index is 0.544. The lowest BCUT2D eigenvalue weighted by molar-refractivity contribution is 0.308. The molecule has 0 radical (unpaired) electrons. The monoisotopic (exact) mass is 169 g/mol. The minimum Gasteiger partial charge on any atom is -0.370 e. The second kappa shape index (κ2) is 4.33. The average Bonchev–Trinajstić information content (AvgIpc) is 2.09. The van der Waals surface area contributed by atoms with Crippen molar-refractivity contribution in [1.82, 2.24) is 5.32 Å². The molecule has 1 saturated carbocycles. The molecule has 2 unspecified atom stereocenters. The van der Waals surface area contributed by atoms with Crippen LogP contribution in [0.25, 0.3) is 0 Å². The van der Waals surface area contributed by atoms with Gasteiger partial charge in [0.2, 0.25) is 0 Å². The van der Waals surface area contributed by atoms with E-state index in [1.165, 1.54) is 25.7 Å². The lowest BCUT2D eigenvalue weighted by atomic mass is 9.86. The van der Waals surface area contributed by atoms with Crippen LogP contribution in [0.1, 0.15) is 32.6 Å². The van der Waals surface area contributed by atoms with E-state index >= 15 is 0 Å². The SMILES string of the molecule is CN=C(N)NC1CCCCC1C. The molecule has 0 aromatic heterocycles. The van der Waals surface area contributed by atoms with Crippen molar-refractivity contribution in [2.75, 3.05) is 7.05 Å². The molecule has 0 saturated heterocycles. The molecule has 0 spiro atoms. The van der Waals surface area contributed by atoms with Crippen LogP contribution in [-0.4, -0.2) is 19.0 Å². The molecule has 0 aromatic rings. The molecule has 3 nitrogen and oxygen atoms in total. The van der Waals surface area contributed by atoms with Gasteiger partial charge < -0.3 is 11.1 Å². The number of hydrogen-bond donors (Lipinski definition) is 2. The molecule has 70 valence electrons. The fourth-order valence-electron chi connectivity index (χ4n) is 1.79. The topological polar surface area (TPSA) is 50.4 Å².